The number of esters is 2. The zero-order valence-electron chi connectivity index (χ0n) is 22.8. The van der Waals surface area contributed by atoms with Crippen molar-refractivity contribution in [1.82, 2.24) is 0 Å². The summed E-state index contributed by atoms with van der Waals surface area (Å²) in [6, 6.07) is 13.5. The van der Waals surface area contributed by atoms with E-state index in [2.05, 4.69) is 25.2 Å². The third-order valence-corrected chi connectivity index (χ3v) is 7.07. The van der Waals surface area contributed by atoms with E-state index >= 15 is 0 Å². The van der Waals surface area contributed by atoms with Gasteiger partial charge in [0.2, 0.25) is 0 Å². The molecule has 0 aliphatic rings. The fourth-order valence-electron chi connectivity index (χ4n) is 4.07. The number of carbonyl (C=O) groups excluding carboxylic acids is 2. The fraction of sp³-hybridized carbons (Fsp3) is 0.143. The van der Waals surface area contributed by atoms with E-state index in [1.54, 1.807) is 19.1 Å². The molecule has 216 valence electrons. The molecule has 0 radical (unpaired) electrons. The Labute approximate surface area is 240 Å². The summed E-state index contributed by atoms with van der Waals surface area (Å²) in [4.78, 5) is 23.6. The van der Waals surface area contributed by atoms with E-state index in [0.717, 1.165) is 31.9 Å². The third-order valence-electron chi connectivity index (χ3n) is 6.20. The van der Waals surface area contributed by atoms with Gasteiger partial charge in [-0.2, -0.15) is 13.5 Å². The number of nitrogens with two attached hydrogens (primary N) is 1. The number of rotatable bonds is 7. The minimum Gasteiger partial charge on any atom is -0.505 e. The summed E-state index contributed by atoms with van der Waals surface area (Å²) in [6.45, 7) is 3.59. The summed E-state index contributed by atoms with van der Waals surface area (Å²) in [5, 5.41) is 27.6. The second kappa shape index (κ2) is 11.7. The van der Waals surface area contributed by atoms with Crippen LogP contribution in [0.25, 0.3) is 10.8 Å². The molecule has 0 amide bonds. The maximum absolute atomic E-state index is 12.3. The number of anilines is 1. The molecule has 4 aromatic carbocycles. The molecule has 4 rings (SSSR count). The van der Waals surface area contributed by atoms with Gasteiger partial charge in [0.25, 0.3) is 10.1 Å². The number of benzene rings is 4. The number of nitrogen functional groups attached to an aromatic ring is 1. The summed E-state index contributed by atoms with van der Waals surface area (Å²) in [5.41, 5.74) is 7.62. The molecule has 0 fully saturated rings. The van der Waals surface area contributed by atoms with E-state index in [1.165, 1.54) is 18.2 Å². The Morgan fingerprint density at radius 1 is 0.833 bits per heavy atom. The van der Waals surface area contributed by atoms with Crippen LogP contribution in [-0.2, 0) is 19.6 Å². The number of azo groups is 2. The molecular weight excluding hydrogens is 566 g/mol. The molecule has 0 aliphatic heterocycles. The molecule has 42 heavy (non-hydrogen) atoms. The molecule has 0 aliphatic carbocycles. The van der Waals surface area contributed by atoms with Gasteiger partial charge >= 0.3 is 11.9 Å². The van der Waals surface area contributed by atoms with Gasteiger partial charge in [0.1, 0.15) is 22.0 Å². The van der Waals surface area contributed by atoms with Crippen LogP contribution in [0.4, 0.5) is 28.4 Å². The van der Waals surface area contributed by atoms with E-state index in [-0.39, 0.29) is 39.0 Å². The van der Waals surface area contributed by atoms with Crippen LogP contribution in [0, 0.1) is 13.8 Å². The molecule has 14 heteroatoms. The quantitative estimate of drug-likeness (QED) is 0.0940. The standard InChI is InChI=1S/C28H25N5O8S/c1-14-5-8-18(9-6-14)30-32-24-15(2)11-17-13-21(42(37,38)39)25(26(34)22(17)23(24)29)33-31-20-12-16(27(35)40-3)7-10-19(20)28(36)41-4/h5-13,34H,29H2,1-4H3,(H,37,38,39). The molecule has 0 aromatic heterocycles. The Morgan fingerprint density at radius 2 is 1.48 bits per heavy atom. The Kier molecular flexibility index (Phi) is 8.31. The molecule has 0 bridgehead atoms. The molecule has 4 N–H and O–H groups in total. The van der Waals surface area contributed by atoms with E-state index in [0.29, 0.717) is 11.3 Å². The van der Waals surface area contributed by atoms with Gasteiger partial charge in [0, 0.05) is 0 Å². The lowest BCUT2D eigenvalue weighted by Gasteiger charge is -2.13. The highest BCUT2D eigenvalue weighted by molar-refractivity contribution is 7.86. The molecule has 0 heterocycles. The van der Waals surface area contributed by atoms with Gasteiger partial charge in [0.15, 0.2) is 5.75 Å². The number of hydrogen-bond donors (Lipinski definition) is 3. The maximum Gasteiger partial charge on any atom is 0.340 e. The molecule has 13 nitrogen and oxygen atoms in total. The van der Waals surface area contributed by atoms with Crippen LogP contribution >= 0.6 is 0 Å². The highest BCUT2D eigenvalue weighted by atomic mass is 32.2. The van der Waals surface area contributed by atoms with Gasteiger partial charge < -0.3 is 20.3 Å². The van der Waals surface area contributed by atoms with Gasteiger partial charge in [-0.1, -0.05) is 17.7 Å². The van der Waals surface area contributed by atoms with Crippen molar-refractivity contribution in [3.05, 3.63) is 76.9 Å². The smallest absolute Gasteiger partial charge is 0.340 e. The van der Waals surface area contributed by atoms with Crippen molar-refractivity contribution in [2.45, 2.75) is 18.7 Å². The number of fused-ring (bicyclic) bond motifs is 1. The van der Waals surface area contributed by atoms with Crippen molar-refractivity contribution < 1.29 is 37.1 Å². The topological polar surface area (TPSA) is 203 Å². The minimum atomic E-state index is -4.96. The molecule has 0 unspecified atom stereocenters. The first kappa shape index (κ1) is 29.8. The van der Waals surface area contributed by atoms with Gasteiger partial charge in [-0.05, 0) is 67.3 Å². The Balaban J connectivity index is 1.94. The van der Waals surface area contributed by atoms with Crippen molar-refractivity contribution in [1.29, 1.82) is 0 Å². The number of phenols is 1. The summed E-state index contributed by atoms with van der Waals surface area (Å²) in [7, 11) is -2.67. The molecular formula is C28H25N5O8S. The SMILES string of the molecule is COC(=O)c1ccc(C(=O)OC)c(N=Nc2c(S(=O)(=O)O)cc3cc(C)c(N=Nc4ccc(C)cc4)c(N)c3c2O)c1. The van der Waals surface area contributed by atoms with Crippen molar-refractivity contribution >= 4 is 61.3 Å². The molecule has 0 spiro atoms. The van der Waals surface area contributed by atoms with Crippen molar-refractivity contribution in [2.24, 2.45) is 20.5 Å². The third kappa shape index (κ3) is 5.94. The lowest BCUT2D eigenvalue weighted by atomic mass is 10.0. The van der Waals surface area contributed by atoms with Crippen molar-refractivity contribution in [3.8, 4) is 5.75 Å². The van der Waals surface area contributed by atoms with Crippen LogP contribution < -0.4 is 5.73 Å². The van der Waals surface area contributed by atoms with Gasteiger partial charge in [-0.25, -0.2) is 9.59 Å². The number of aryl methyl sites for hydroxylation is 2. The van der Waals surface area contributed by atoms with Crippen LogP contribution in [0.2, 0.25) is 0 Å². The van der Waals surface area contributed by atoms with Crippen molar-refractivity contribution in [2.75, 3.05) is 20.0 Å². The number of nitrogens with zero attached hydrogens (tertiary/aromatic N) is 4. The number of phenolic OH excluding ortho intramolecular Hbond substituents is 1. The summed E-state index contributed by atoms with van der Waals surface area (Å²) in [6.07, 6.45) is 0. The second-order valence-corrected chi connectivity index (χ2v) is 10.4. The number of carbonyl (C=O) groups is 2. The highest BCUT2D eigenvalue weighted by Crippen LogP contribution is 2.47. The Hall–Kier alpha value is -5.21. The predicted molar refractivity (Wildman–Crippen MR) is 153 cm³/mol. The first-order valence-corrected chi connectivity index (χ1v) is 13.6. The molecule has 4 aromatic rings. The van der Waals surface area contributed by atoms with Crippen molar-refractivity contribution in [3.63, 3.8) is 0 Å². The predicted octanol–water partition coefficient (Wildman–Crippen LogP) is 6.40. The van der Waals surface area contributed by atoms with E-state index in [9.17, 15) is 27.7 Å². The minimum absolute atomic E-state index is 0.000129. The van der Waals surface area contributed by atoms with Gasteiger partial charge in [-0.15, -0.1) is 15.3 Å². The average Bonchev–Trinajstić information content (AvgIpc) is 2.95. The normalized spacial score (nSPS) is 11.8. The summed E-state index contributed by atoms with van der Waals surface area (Å²) < 4.78 is 44.0. The van der Waals surface area contributed by atoms with Crippen LogP contribution in [0.5, 0.6) is 5.75 Å². The molecule has 0 atom stereocenters. The van der Waals surface area contributed by atoms with Gasteiger partial charge in [0.05, 0.1) is 42.1 Å². The first-order valence-electron chi connectivity index (χ1n) is 12.1. The number of aromatic hydroxyl groups is 1. The van der Waals surface area contributed by atoms with E-state index in [1.807, 2.05) is 19.1 Å². The first-order chi connectivity index (χ1) is 19.8. The average molecular weight is 592 g/mol. The van der Waals surface area contributed by atoms with E-state index in [4.69, 9.17) is 10.5 Å². The number of ether oxygens (including phenoxy) is 2. The highest BCUT2D eigenvalue weighted by Gasteiger charge is 2.25. The lowest BCUT2D eigenvalue weighted by molar-refractivity contribution is 0.0587. The number of methoxy groups -OCH3 is 2. The van der Waals surface area contributed by atoms with Gasteiger partial charge in [-0.3, -0.25) is 4.55 Å². The van der Waals surface area contributed by atoms with E-state index < -0.39 is 38.4 Å². The zero-order chi connectivity index (χ0) is 30.8. The van der Waals surface area contributed by atoms with Crippen LogP contribution in [0.1, 0.15) is 31.8 Å². The second-order valence-electron chi connectivity index (χ2n) is 9.05. The Bertz CT molecular complexity index is 1900. The molecule has 0 saturated carbocycles. The van der Waals surface area contributed by atoms with Crippen LogP contribution in [0.3, 0.4) is 0 Å². The summed E-state index contributed by atoms with van der Waals surface area (Å²) in [5.74, 6) is -2.32. The number of hydrogen-bond acceptors (Lipinski definition) is 12. The van der Waals surface area contributed by atoms with Crippen LogP contribution in [-0.4, -0.2) is 44.2 Å². The van der Waals surface area contributed by atoms with Crippen LogP contribution in [0.15, 0.2) is 79.9 Å². The molecule has 0 saturated heterocycles. The Morgan fingerprint density at radius 3 is 2.10 bits per heavy atom. The summed E-state index contributed by atoms with van der Waals surface area (Å²) >= 11 is 0. The fourth-order valence-corrected chi connectivity index (χ4v) is 4.73. The monoisotopic (exact) mass is 591 g/mol. The maximum atomic E-state index is 12.3. The largest absolute Gasteiger partial charge is 0.505 e. The lowest BCUT2D eigenvalue weighted by Crippen LogP contribution is -2.05. The zero-order valence-corrected chi connectivity index (χ0v) is 23.6.